The van der Waals surface area contributed by atoms with E-state index in [0.717, 1.165) is 0 Å². The van der Waals surface area contributed by atoms with Gasteiger partial charge in [-0.2, -0.15) is 12.6 Å². The Hall–Kier alpha value is -0.0900. The first-order valence-corrected chi connectivity index (χ1v) is 8.79. The first-order valence-electron chi connectivity index (χ1n) is 8.16. The minimum Gasteiger partial charge on any atom is -0.394 e. The largest absolute Gasteiger partial charge is 0.394 e. The molecule has 0 radical (unpaired) electrons. The Morgan fingerprint density at radius 3 is 1.88 bits per heavy atom. The molecule has 154 valence electrons. The van der Waals surface area contributed by atoms with Gasteiger partial charge in [0.2, 0.25) is 0 Å². The minimum atomic E-state index is -1.70. The summed E-state index contributed by atoms with van der Waals surface area (Å²) in [6.45, 7) is -1.12. The third-order valence-electron chi connectivity index (χ3n) is 4.33. The van der Waals surface area contributed by atoms with Gasteiger partial charge >= 0.3 is 0 Å². The van der Waals surface area contributed by atoms with Crippen molar-refractivity contribution >= 4 is 12.6 Å². The van der Waals surface area contributed by atoms with E-state index in [-0.39, 0.29) is 6.61 Å². The topological polar surface area (TPSA) is 179 Å². The number of rotatable bonds is 7. The highest BCUT2D eigenvalue weighted by molar-refractivity contribution is 7.80. The molecule has 0 spiro atoms. The standard InChI is InChI=1S/C14H26O11S/c15-3-5-7(17)8(18)10(20)14(23-5)25-12-6(4-16)24-13(22-1-2-26)11(21)9(12)19/h5-21,26H,1-4H2/t5?,6?,7-,8?,9+,10+,11?,12+,13+,14-/m0/s1. The molecule has 2 aliphatic heterocycles. The van der Waals surface area contributed by atoms with Crippen molar-refractivity contribution in [2.24, 2.45) is 0 Å². The lowest BCUT2D eigenvalue weighted by atomic mass is 9.97. The van der Waals surface area contributed by atoms with Crippen LogP contribution >= 0.6 is 12.6 Å². The van der Waals surface area contributed by atoms with E-state index in [1.807, 2.05) is 0 Å². The van der Waals surface area contributed by atoms with Crippen LogP contribution in [0.1, 0.15) is 0 Å². The van der Waals surface area contributed by atoms with Gasteiger partial charge in [-0.1, -0.05) is 0 Å². The fourth-order valence-electron chi connectivity index (χ4n) is 2.86. The quantitative estimate of drug-likeness (QED) is 0.193. The van der Waals surface area contributed by atoms with E-state index >= 15 is 0 Å². The van der Waals surface area contributed by atoms with Crippen molar-refractivity contribution in [3.63, 3.8) is 0 Å². The van der Waals surface area contributed by atoms with Crippen LogP contribution in [0.5, 0.6) is 0 Å². The predicted molar refractivity (Wildman–Crippen MR) is 86.2 cm³/mol. The summed E-state index contributed by atoms with van der Waals surface area (Å²) in [5, 5.41) is 68.7. The van der Waals surface area contributed by atoms with Crippen molar-refractivity contribution in [3.05, 3.63) is 0 Å². The second-order valence-electron chi connectivity index (χ2n) is 6.10. The molecule has 0 aromatic rings. The van der Waals surface area contributed by atoms with Crippen LogP contribution in [0.4, 0.5) is 0 Å². The predicted octanol–water partition coefficient (Wildman–Crippen LogP) is -4.44. The summed E-state index contributed by atoms with van der Waals surface area (Å²) in [5.74, 6) is 0.345. The highest BCUT2D eigenvalue weighted by Crippen LogP contribution is 2.29. The summed E-state index contributed by atoms with van der Waals surface area (Å²) in [6, 6.07) is 0. The van der Waals surface area contributed by atoms with E-state index in [0.29, 0.717) is 5.75 Å². The Kier molecular flexibility index (Phi) is 8.46. The zero-order valence-electron chi connectivity index (χ0n) is 13.8. The van der Waals surface area contributed by atoms with Gasteiger partial charge in [-0.3, -0.25) is 0 Å². The highest BCUT2D eigenvalue weighted by Gasteiger charge is 2.50. The third-order valence-corrected chi connectivity index (χ3v) is 4.52. The summed E-state index contributed by atoms with van der Waals surface area (Å²) in [5.41, 5.74) is 0. The number of ether oxygens (including phenoxy) is 4. The average Bonchev–Trinajstić information content (AvgIpc) is 2.64. The molecule has 0 saturated carbocycles. The van der Waals surface area contributed by atoms with Gasteiger partial charge in [-0.15, -0.1) is 0 Å². The van der Waals surface area contributed by atoms with Gasteiger partial charge in [0.15, 0.2) is 12.6 Å². The Morgan fingerprint density at radius 1 is 0.731 bits per heavy atom. The lowest BCUT2D eigenvalue weighted by Crippen LogP contribution is -2.64. The number of aliphatic hydroxyl groups excluding tert-OH is 7. The van der Waals surface area contributed by atoms with Gasteiger partial charge in [-0.05, 0) is 0 Å². The smallest absolute Gasteiger partial charge is 0.187 e. The van der Waals surface area contributed by atoms with Crippen LogP contribution in [0, 0.1) is 0 Å². The summed E-state index contributed by atoms with van der Waals surface area (Å²) in [4.78, 5) is 0. The van der Waals surface area contributed by atoms with E-state index in [1.54, 1.807) is 0 Å². The van der Waals surface area contributed by atoms with Crippen LogP contribution in [-0.4, -0.2) is 123 Å². The van der Waals surface area contributed by atoms with Crippen LogP contribution in [0.25, 0.3) is 0 Å². The molecule has 12 heteroatoms. The lowest BCUT2D eigenvalue weighted by molar-refractivity contribution is -0.359. The Morgan fingerprint density at radius 2 is 1.31 bits per heavy atom. The zero-order chi connectivity index (χ0) is 19.4. The average molecular weight is 402 g/mol. The SMILES string of the molecule is OCC1O[C@@H](O[C@@H]2C(CO)O[C@@H](OCCS)C(O)[C@H]2O)[C@H](O)C(O)[C@H]1O. The monoisotopic (exact) mass is 402 g/mol. The highest BCUT2D eigenvalue weighted by atomic mass is 32.1. The van der Waals surface area contributed by atoms with Gasteiger partial charge in [0.25, 0.3) is 0 Å². The van der Waals surface area contributed by atoms with Crippen molar-refractivity contribution in [1.29, 1.82) is 0 Å². The van der Waals surface area contributed by atoms with Gasteiger partial charge in [0.05, 0.1) is 19.8 Å². The van der Waals surface area contributed by atoms with Crippen molar-refractivity contribution in [1.82, 2.24) is 0 Å². The van der Waals surface area contributed by atoms with Gasteiger partial charge in [0.1, 0.15) is 48.8 Å². The van der Waals surface area contributed by atoms with E-state index < -0.39 is 74.6 Å². The van der Waals surface area contributed by atoms with Gasteiger partial charge < -0.3 is 54.7 Å². The fourth-order valence-corrected chi connectivity index (χ4v) is 2.97. The molecule has 0 amide bonds. The molecule has 11 nitrogen and oxygen atoms in total. The van der Waals surface area contributed by atoms with Crippen molar-refractivity contribution < 1.29 is 54.7 Å². The molecule has 7 N–H and O–H groups in total. The molecular weight excluding hydrogens is 376 g/mol. The van der Waals surface area contributed by atoms with Gasteiger partial charge in [-0.25, -0.2) is 0 Å². The molecule has 2 saturated heterocycles. The molecule has 2 fully saturated rings. The summed E-state index contributed by atoms with van der Waals surface area (Å²) < 4.78 is 21.2. The van der Waals surface area contributed by atoms with Gasteiger partial charge in [0, 0.05) is 5.75 Å². The molecule has 2 aliphatic rings. The van der Waals surface area contributed by atoms with Crippen LogP contribution in [0.2, 0.25) is 0 Å². The second kappa shape index (κ2) is 9.91. The van der Waals surface area contributed by atoms with E-state index in [9.17, 15) is 35.7 Å². The lowest BCUT2D eigenvalue weighted by Gasteiger charge is -2.45. The molecule has 0 bridgehead atoms. The van der Waals surface area contributed by atoms with Crippen molar-refractivity contribution in [3.8, 4) is 0 Å². The summed E-state index contributed by atoms with van der Waals surface area (Å²) >= 11 is 3.96. The van der Waals surface area contributed by atoms with Crippen LogP contribution in [0.15, 0.2) is 0 Å². The molecule has 26 heavy (non-hydrogen) atoms. The molecule has 0 aromatic heterocycles. The number of hydrogen-bond acceptors (Lipinski definition) is 12. The first-order chi connectivity index (χ1) is 12.3. The number of hydrogen-bond donors (Lipinski definition) is 8. The fraction of sp³-hybridized carbons (Fsp3) is 1.00. The Bertz CT molecular complexity index is 426. The third kappa shape index (κ3) is 4.66. The van der Waals surface area contributed by atoms with Crippen molar-refractivity contribution in [2.75, 3.05) is 25.6 Å². The molecule has 2 heterocycles. The number of aliphatic hydroxyl groups is 7. The van der Waals surface area contributed by atoms with Crippen LogP contribution in [0.3, 0.4) is 0 Å². The summed E-state index contributed by atoms with van der Waals surface area (Å²) in [6.07, 6.45) is -14.5. The Labute approximate surface area is 155 Å². The maximum atomic E-state index is 10.3. The van der Waals surface area contributed by atoms with Crippen LogP contribution in [-0.2, 0) is 18.9 Å². The number of thiol groups is 1. The molecule has 0 aliphatic carbocycles. The zero-order valence-corrected chi connectivity index (χ0v) is 14.7. The molecule has 2 rings (SSSR count). The molecule has 0 aromatic carbocycles. The van der Waals surface area contributed by atoms with Crippen molar-refractivity contribution in [2.45, 2.75) is 61.4 Å². The van der Waals surface area contributed by atoms with E-state index in [4.69, 9.17) is 18.9 Å². The Balaban J connectivity index is 2.09. The minimum absolute atomic E-state index is 0.133. The molecule has 10 atom stereocenters. The normalized spacial score (nSPS) is 47.1. The maximum Gasteiger partial charge on any atom is 0.187 e. The molecular formula is C14H26O11S. The van der Waals surface area contributed by atoms with Crippen LogP contribution < -0.4 is 0 Å². The summed E-state index contributed by atoms with van der Waals surface area (Å²) in [7, 11) is 0. The maximum absolute atomic E-state index is 10.3. The van der Waals surface area contributed by atoms with E-state index in [1.165, 1.54) is 0 Å². The first kappa shape index (κ1) is 22.2. The molecule has 4 unspecified atom stereocenters. The van der Waals surface area contributed by atoms with E-state index in [2.05, 4.69) is 12.6 Å². The second-order valence-corrected chi connectivity index (χ2v) is 6.55.